The molecule has 26 heavy (non-hydrogen) atoms. The van der Waals surface area contributed by atoms with Crippen LogP contribution >= 0.6 is 0 Å². The Kier molecular flexibility index (Phi) is 4.45. The van der Waals surface area contributed by atoms with Crippen molar-refractivity contribution in [2.45, 2.75) is 34.1 Å². The highest BCUT2D eigenvalue weighted by Crippen LogP contribution is 2.36. The zero-order chi connectivity index (χ0) is 19.1. The molecule has 0 unspecified atom stereocenters. The summed E-state index contributed by atoms with van der Waals surface area (Å²) >= 11 is 0. The van der Waals surface area contributed by atoms with E-state index in [2.05, 4.69) is 4.98 Å². The molecule has 0 saturated carbocycles. The number of fused-ring (bicyclic) bond motifs is 1. The molecule has 0 atom stereocenters. The minimum Gasteiger partial charge on any atom is -0.478 e. The summed E-state index contributed by atoms with van der Waals surface area (Å²) in [5.74, 6) is -0.936. The number of aromatic nitrogens is 1. The smallest absolute Gasteiger partial charge is 0.335 e. The number of carbonyl (C=O) groups is 2. The van der Waals surface area contributed by atoms with Crippen molar-refractivity contribution in [3.05, 3.63) is 59.3 Å². The van der Waals surface area contributed by atoms with Gasteiger partial charge in [-0.15, -0.1) is 0 Å². The number of benzene rings is 2. The Labute approximate surface area is 152 Å². The van der Waals surface area contributed by atoms with Crippen molar-refractivity contribution in [1.29, 1.82) is 0 Å². The molecule has 0 saturated heterocycles. The van der Waals surface area contributed by atoms with Gasteiger partial charge in [0.05, 0.1) is 11.3 Å². The van der Waals surface area contributed by atoms with Crippen molar-refractivity contribution in [2.75, 3.05) is 0 Å². The molecule has 4 nitrogen and oxygen atoms in total. The first-order valence-electron chi connectivity index (χ1n) is 8.65. The van der Waals surface area contributed by atoms with Gasteiger partial charge in [0.2, 0.25) is 0 Å². The number of hydrogen-bond donors (Lipinski definition) is 2. The molecule has 0 radical (unpaired) electrons. The molecule has 0 amide bonds. The minimum absolute atomic E-state index is 0.0297. The minimum atomic E-state index is -0.966. The summed E-state index contributed by atoms with van der Waals surface area (Å²) in [5, 5.41) is 10.2. The van der Waals surface area contributed by atoms with Crippen LogP contribution in [0.25, 0.3) is 22.0 Å². The lowest BCUT2D eigenvalue weighted by Gasteiger charge is -2.17. The van der Waals surface area contributed by atoms with E-state index < -0.39 is 5.97 Å². The molecule has 2 aromatic carbocycles. The molecule has 1 aromatic heterocycles. The first kappa shape index (κ1) is 17.9. The van der Waals surface area contributed by atoms with Gasteiger partial charge in [-0.25, -0.2) is 4.79 Å². The van der Waals surface area contributed by atoms with Crippen LogP contribution in [0.4, 0.5) is 0 Å². The summed E-state index contributed by atoms with van der Waals surface area (Å²) in [5.41, 5.74) is 3.79. The lowest BCUT2D eigenvalue weighted by Crippen LogP contribution is -2.14. The Morgan fingerprint density at radius 3 is 2.31 bits per heavy atom. The van der Waals surface area contributed by atoms with E-state index in [0.717, 1.165) is 22.0 Å². The number of carboxylic acid groups (broad SMARTS) is 1. The third-order valence-corrected chi connectivity index (χ3v) is 4.41. The van der Waals surface area contributed by atoms with Crippen molar-refractivity contribution in [3.8, 4) is 11.1 Å². The van der Waals surface area contributed by atoms with Crippen molar-refractivity contribution in [2.24, 2.45) is 5.41 Å². The molecule has 1 heterocycles. The molecule has 0 fully saturated rings. The van der Waals surface area contributed by atoms with Crippen molar-refractivity contribution < 1.29 is 14.7 Å². The van der Waals surface area contributed by atoms with E-state index in [-0.39, 0.29) is 16.8 Å². The Bertz CT molecular complexity index is 992. The average Bonchev–Trinajstić information content (AvgIpc) is 2.91. The normalized spacial score (nSPS) is 11.7. The third kappa shape index (κ3) is 3.40. The van der Waals surface area contributed by atoms with Crippen molar-refractivity contribution in [3.63, 3.8) is 0 Å². The van der Waals surface area contributed by atoms with E-state index >= 15 is 0 Å². The molecule has 3 rings (SSSR count). The highest BCUT2D eigenvalue weighted by Gasteiger charge is 2.24. The van der Waals surface area contributed by atoms with Gasteiger partial charge in [0.1, 0.15) is 0 Å². The summed E-state index contributed by atoms with van der Waals surface area (Å²) in [6.45, 7) is 7.86. The van der Waals surface area contributed by atoms with E-state index in [1.165, 1.54) is 0 Å². The van der Waals surface area contributed by atoms with Gasteiger partial charge in [0.25, 0.3) is 0 Å². The fraction of sp³-hybridized carbons (Fsp3) is 0.273. The number of rotatable bonds is 4. The fourth-order valence-corrected chi connectivity index (χ4v) is 3.26. The van der Waals surface area contributed by atoms with Gasteiger partial charge >= 0.3 is 5.97 Å². The van der Waals surface area contributed by atoms with E-state index in [0.29, 0.717) is 17.7 Å². The van der Waals surface area contributed by atoms with E-state index in [1.807, 2.05) is 51.1 Å². The molecule has 0 aliphatic carbocycles. The van der Waals surface area contributed by atoms with E-state index in [4.69, 9.17) is 0 Å². The summed E-state index contributed by atoms with van der Waals surface area (Å²) in [6, 6.07) is 13.1. The maximum atomic E-state index is 13.0. The zero-order valence-corrected chi connectivity index (χ0v) is 15.5. The van der Waals surface area contributed by atoms with Crippen LogP contribution in [0.2, 0.25) is 0 Å². The quantitative estimate of drug-likeness (QED) is 0.614. The van der Waals surface area contributed by atoms with Crippen LogP contribution in [0.5, 0.6) is 0 Å². The van der Waals surface area contributed by atoms with Crippen LogP contribution in [-0.2, 0) is 0 Å². The predicted octanol–water partition coefficient (Wildman–Crippen LogP) is 5.46. The number of carbonyl (C=O) groups excluding carboxylic acids is 1. The molecular weight excluding hydrogens is 326 g/mol. The number of carboxylic acids is 1. The highest BCUT2D eigenvalue weighted by atomic mass is 16.4. The molecule has 4 heteroatoms. The molecular formula is C22H23NO3. The topological polar surface area (TPSA) is 70.2 Å². The SMILES string of the molecule is Cc1cc2[nH]c(C(=O)CC(C)(C)C)c(-c3ccccc3)c2cc1C(=O)O. The largest absolute Gasteiger partial charge is 0.478 e. The fourth-order valence-electron chi connectivity index (χ4n) is 3.26. The number of ketones is 1. The molecule has 0 spiro atoms. The number of Topliss-reactive ketones (excluding diaryl/α,β-unsaturated/α-hetero) is 1. The van der Waals surface area contributed by atoms with Gasteiger partial charge in [-0.05, 0) is 35.6 Å². The first-order chi connectivity index (χ1) is 12.2. The van der Waals surface area contributed by atoms with Crippen LogP contribution in [0, 0.1) is 12.3 Å². The number of hydrogen-bond acceptors (Lipinski definition) is 2. The first-order valence-corrected chi connectivity index (χ1v) is 8.65. The Hall–Kier alpha value is -2.88. The van der Waals surface area contributed by atoms with Gasteiger partial charge in [0, 0.05) is 22.9 Å². The van der Waals surface area contributed by atoms with Gasteiger partial charge in [-0.3, -0.25) is 4.79 Å². The van der Waals surface area contributed by atoms with Crippen LogP contribution in [-0.4, -0.2) is 21.8 Å². The van der Waals surface area contributed by atoms with Gasteiger partial charge in [-0.1, -0.05) is 51.1 Å². The van der Waals surface area contributed by atoms with Crippen LogP contribution in [0.3, 0.4) is 0 Å². The van der Waals surface area contributed by atoms with Crippen LogP contribution in [0.15, 0.2) is 42.5 Å². The lowest BCUT2D eigenvalue weighted by atomic mass is 9.87. The molecule has 134 valence electrons. The predicted molar refractivity (Wildman–Crippen MR) is 104 cm³/mol. The Morgan fingerprint density at radius 2 is 1.73 bits per heavy atom. The van der Waals surface area contributed by atoms with Crippen molar-refractivity contribution in [1.82, 2.24) is 4.98 Å². The molecule has 0 aliphatic heterocycles. The number of nitrogens with one attached hydrogen (secondary N) is 1. The second-order valence-corrected chi connectivity index (χ2v) is 7.92. The molecule has 2 N–H and O–H groups in total. The summed E-state index contributed by atoms with van der Waals surface area (Å²) in [4.78, 5) is 27.8. The zero-order valence-electron chi connectivity index (χ0n) is 15.5. The third-order valence-electron chi connectivity index (χ3n) is 4.41. The van der Waals surface area contributed by atoms with Gasteiger partial charge < -0.3 is 10.1 Å². The lowest BCUT2D eigenvalue weighted by molar-refractivity contribution is 0.0696. The standard InChI is InChI=1S/C22H23NO3/c1-13-10-17-16(11-15(13)21(25)26)19(14-8-6-5-7-9-14)20(23-17)18(24)12-22(2,3)4/h5-11,23H,12H2,1-4H3,(H,25,26). The maximum absolute atomic E-state index is 13.0. The summed E-state index contributed by atoms with van der Waals surface area (Å²) in [7, 11) is 0. The highest BCUT2D eigenvalue weighted by molar-refractivity contribution is 6.12. The molecule has 3 aromatic rings. The molecule has 0 bridgehead atoms. The molecule has 0 aliphatic rings. The average molecular weight is 349 g/mol. The van der Waals surface area contributed by atoms with Crippen LogP contribution in [0.1, 0.15) is 53.6 Å². The summed E-state index contributed by atoms with van der Waals surface area (Å²) in [6.07, 6.45) is 0.407. The van der Waals surface area contributed by atoms with E-state index in [9.17, 15) is 14.7 Å². The van der Waals surface area contributed by atoms with Gasteiger partial charge in [-0.2, -0.15) is 0 Å². The number of H-pyrrole nitrogens is 1. The number of aryl methyl sites for hydroxylation is 1. The number of aromatic amines is 1. The van der Waals surface area contributed by atoms with E-state index in [1.54, 1.807) is 19.1 Å². The summed E-state index contributed by atoms with van der Waals surface area (Å²) < 4.78 is 0. The monoisotopic (exact) mass is 349 g/mol. The Balaban J connectivity index is 2.30. The van der Waals surface area contributed by atoms with Crippen molar-refractivity contribution >= 4 is 22.7 Å². The second-order valence-electron chi connectivity index (χ2n) is 7.92. The number of aromatic carboxylic acids is 1. The van der Waals surface area contributed by atoms with Gasteiger partial charge in [0.15, 0.2) is 5.78 Å². The second kappa shape index (κ2) is 6.45. The Morgan fingerprint density at radius 1 is 1.08 bits per heavy atom. The maximum Gasteiger partial charge on any atom is 0.335 e. The van der Waals surface area contributed by atoms with Crippen LogP contribution < -0.4 is 0 Å².